The molecule has 0 aromatic heterocycles. The molecule has 1 atom stereocenters. The van der Waals surface area contributed by atoms with E-state index in [9.17, 15) is 9.59 Å². The summed E-state index contributed by atoms with van der Waals surface area (Å²) in [5.41, 5.74) is 0. The van der Waals surface area contributed by atoms with Crippen LogP contribution in [0.4, 0.5) is 0 Å². The zero-order chi connectivity index (χ0) is 13.5. The summed E-state index contributed by atoms with van der Waals surface area (Å²) in [6.07, 6.45) is 0.664. The van der Waals surface area contributed by atoms with Gasteiger partial charge in [-0.15, -0.1) is 0 Å². The standard InChI is InChI=1S/C13H25N3O2/c1-4-15(5-2)12(17)6-7-13(18)16-9-8-14-10-11(16)3/h11,14H,4-10H2,1-3H3. The van der Waals surface area contributed by atoms with Gasteiger partial charge in [-0.05, 0) is 20.8 Å². The van der Waals surface area contributed by atoms with Crippen LogP contribution < -0.4 is 5.32 Å². The third kappa shape index (κ3) is 3.98. The van der Waals surface area contributed by atoms with Crippen molar-refractivity contribution in [1.29, 1.82) is 0 Å². The van der Waals surface area contributed by atoms with Gasteiger partial charge in [-0.2, -0.15) is 0 Å². The van der Waals surface area contributed by atoms with Gasteiger partial charge in [0, 0.05) is 51.6 Å². The number of nitrogens with one attached hydrogen (secondary N) is 1. The minimum atomic E-state index is 0.0798. The van der Waals surface area contributed by atoms with Gasteiger partial charge in [-0.3, -0.25) is 9.59 Å². The summed E-state index contributed by atoms with van der Waals surface area (Å²) < 4.78 is 0. The average Bonchev–Trinajstić information content (AvgIpc) is 2.38. The van der Waals surface area contributed by atoms with Crippen molar-refractivity contribution >= 4 is 11.8 Å². The van der Waals surface area contributed by atoms with Crippen LogP contribution in [0.5, 0.6) is 0 Å². The van der Waals surface area contributed by atoms with E-state index in [-0.39, 0.29) is 17.9 Å². The smallest absolute Gasteiger partial charge is 0.223 e. The average molecular weight is 255 g/mol. The highest BCUT2D eigenvalue weighted by atomic mass is 16.2. The number of carbonyl (C=O) groups excluding carboxylic acids is 2. The van der Waals surface area contributed by atoms with Crippen LogP contribution in [0, 0.1) is 0 Å². The Bertz CT molecular complexity index is 290. The molecule has 1 rings (SSSR count). The van der Waals surface area contributed by atoms with Crippen molar-refractivity contribution in [2.24, 2.45) is 0 Å². The molecule has 0 radical (unpaired) electrons. The second kappa shape index (κ2) is 7.36. The van der Waals surface area contributed by atoms with Gasteiger partial charge in [0.1, 0.15) is 0 Å². The largest absolute Gasteiger partial charge is 0.343 e. The minimum absolute atomic E-state index is 0.0798. The Morgan fingerprint density at radius 1 is 1.28 bits per heavy atom. The summed E-state index contributed by atoms with van der Waals surface area (Å²) >= 11 is 0. The topological polar surface area (TPSA) is 52.7 Å². The number of hydrogen-bond acceptors (Lipinski definition) is 3. The zero-order valence-corrected chi connectivity index (χ0v) is 11.7. The zero-order valence-electron chi connectivity index (χ0n) is 11.7. The van der Waals surface area contributed by atoms with Crippen molar-refractivity contribution in [2.75, 3.05) is 32.7 Å². The number of amides is 2. The molecule has 2 amide bonds. The summed E-state index contributed by atoms with van der Waals surface area (Å²) in [6, 6.07) is 0.231. The second-order valence-electron chi connectivity index (χ2n) is 4.71. The van der Waals surface area contributed by atoms with Crippen molar-refractivity contribution < 1.29 is 9.59 Å². The lowest BCUT2D eigenvalue weighted by Crippen LogP contribution is -2.52. The molecular formula is C13H25N3O2. The molecule has 1 saturated heterocycles. The maximum Gasteiger partial charge on any atom is 0.223 e. The van der Waals surface area contributed by atoms with Gasteiger partial charge in [-0.25, -0.2) is 0 Å². The lowest BCUT2D eigenvalue weighted by Gasteiger charge is -2.34. The second-order valence-corrected chi connectivity index (χ2v) is 4.71. The van der Waals surface area contributed by atoms with Gasteiger partial charge >= 0.3 is 0 Å². The van der Waals surface area contributed by atoms with Crippen LogP contribution in [0.25, 0.3) is 0 Å². The first-order chi connectivity index (χ1) is 8.60. The number of nitrogens with zero attached hydrogens (tertiary/aromatic N) is 2. The number of carbonyl (C=O) groups is 2. The molecule has 1 heterocycles. The Morgan fingerprint density at radius 3 is 2.50 bits per heavy atom. The molecule has 1 unspecified atom stereocenters. The molecule has 0 aliphatic carbocycles. The van der Waals surface area contributed by atoms with Gasteiger partial charge in [0.2, 0.25) is 11.8 Å². The Hall–Kier alpha value is -1.10. The lowest BCUT2D eigenvalue weighted by molar-refractivity contribution is -0.138. The van der Waals surface area contributed by atoms with Crippen LogP contribution in [-0.4, -0.2) is 60.4 Å². The van der Waals surface area contributed by atoms with E-state index in [1.165, 1.54) is 0 Å². The molecule has 104 valence electrons. The predicted octanol–water partition coefficient (Wildman–Crippen LogP) is 0.455. The van der Waals surface area contributed by atoms with E-state index in [1.807, 2.05) is 25.7 Å². The molecular weight excluding hydrogens is 230 g/mol. The first kappa shape index (κ1) is 15.0. The van der Waals surface area contributed by atoms with Gasteiger partial charge in [0.05, 0.1) is 0 Å². The monoisotopic (exact) mass is 255 g/mol. The number of hydrogen-bond donors (Lipinski definition) is 1. The summed E-state index contributed by atoms with van der Waals surface area (Å²) in [6.45, 7) is 9.83. The van der Waals surface area contributed by atoms with E-state index in [0.29, 0.717) is 25.9 Å². The molecule has 0 saturated carbocycles. The van der Waals surface area contributed by atoms with Gasteiger partial charge in [0.15, 0.2) is 0 Å². The van der Waals surface area contributed by atoms with Crippen molar-refractivity contribution in [2.45, 2.75) is 39.7 Å². The van der Waals surface area contributed by atoms with Crippen LogP contribution in [0.2, 0.25) is 0 Å². The maximum atomic E-state index is 12.0. The van der Waals surface area contributed by atoms with E-state index in [4.69, 9.17) is 0 Å². The van der Waals surface area contributed by atoms with Gasteiger partial charge in [0.25, 0.3) is 0 Å². The first-order valence-electron chi connectivity index (χ1n) is 6.88. The Kier molecular flexibility index (Phi) is 6.12. The molecule has 1 aliphatic rings. The summed E-state index contributed by atoms with van der Waals surface area (Å²) in [4.78, 5) is 27.5. The highest BCUT2D eigenvalue weighted by Crippen LogP contribution is 2.07. The van der Waals surface area contributed by atoms with Crippen LogP contribution >= 0.6 is 0 Å². The molecule has 5 nitrogen and oxygen atoms in total. The van der Waals surface area contributed by atoms with Gasteiger partial charge in [-0.1, -0.05) is 0 Å². The van der Waals surface area contributed by atoms with E-state index < -0.39 is 0 Å². The molecule has 0 aromatic carbocycles. The van der Waals surface area contributed by atoms with Crippen molar-refractivity contribution in [3.05, 3.63) is 0 Å². The third-order valence-corrected chi connectivity index (χ3v) is 3.49. The summed E-state index contributed by atoms with van der Waals surface area (Å²) in [5.74, 6) is 0.181. The Balaban J connectivity index is 2.38. The molecule has 18 heavy (non-hydrogen) atoms. The van der Waals surface area contributed by atoms with E-state index in [1.54, 1.807) is 4.90 Å². The highest BCUT2D eigenvalue weighted by Gasteiger charge is 2.23. The molecule has 0 bridgehead atoms. The number of piperazine rings is 1. The molecule has 1 fully saturated rings. The minimum Gasteiger partial charge on any atom is -0.343 e. The van der Waals surface area contributed by atoms with E-state index in [0.717, 1.165) is 19.6 Å². The number of rotatable bonds is 5. The summed E-state index contributed by atoms with van der Waals surface area (Å²) in [7, 11) is 0. The molecule has 5 heteroatoms. The summed E-state index contributed by atoms with van der Waals surface area (Å²) in [5, 5.41) is 3.25. The van der Waals surface area contributed by atoms with E-state index in [2.05, 4.69) is 5.32 Å². The quantitative estimate of drug-likeness (QED) is 0.776. The molecule has 0 spiro atoms. The Morgan fingerprint density at radius 2 is 1.94 bits per heavy atom. The Labute approximate surface area is 110 Å². The predicted molar refractivity (Wildman–Crippen MR) is 71.2 cm³/mol. The molecule has 0 aromatic rings. The third-order valence-electron chi connectivity index (χ3n) is 3.49. The normalized spacial score (nSPS) is 19.7. The maximum absolute atomic E-state index is 12.0. The fourth-order valence-electron chi connectivity index (χ4n) is 2.30. The van der Waals surface area contributed by atoms with Crippen molar-refractivity contribution in [3.8, 4) is 0 Å². The van der Waals surface area contributed by atoms with Crippen LogP contribution in [-0.2, 0) is 9.59 Å². The lowest BCUT2D eigenvalue weighted by atomic mass is 10.1. The van der Waals surface area contributed by atoms with E-state index >= 15 is 0 Å². The van der Waals surface area contributed by atoms with Crippen LogP contribution in [0.15, 0.2) is 0 Å². The van der Waals surface area contributed by atoms with Crippen LogP contribution in [0.3, 0.4) is 0 Å². The highest BCUT2D eigenvalue weighted by molar-refractivity contribution is 5.84. The van der Waals surface area contributed by atoms with Crippen molar-refractivity contribution in [3.63, 3.8) is 0 Å². The first-order valence-corrected chi connectivity index (χ1v) is 6.88. The van der Waals surface area contributed by atoms with Gasteiger partial charge < -0.3 is 15.1 Å². The SMILES string of the molecule is CCN(CC)C(=O)CCC(=O)N1CCNCC1C. The fourth-order valence-corrected chi connectivity index (χ4v) is 2.30. The molecule has 1 aliphatic heterocycles. The fraction of sp³-hybridized carbons (Fsp3) is 0.846. The molecule has 1 N–H and O–H groups in total. The van der Waals surface area contributed by atoms with Crippen molar-refractivity contribution in [1.82, 2.24) is 15.1 Å². The van der Waals surface area contributed by atoms with Crippen LogP contribution in [0.1, 0.15) is 33.6 Å².